The monoisotopic (exact) mass is 525 g/mol. The van der Waals surface area contributed by atoms with Crippen molar-refractivity contribution >= 4 is 60.9 Å². The van der Waals surface area contributed by atoms with Gasteiger partial charge in [0.25, 0.3) is 5.91 Å². The van der Waals surface area contributed by atoms with Crippen molar-refractivity contribution in [3.8, 4) is 5.75 Å². The Morgan fingerprint density at radius 3 is 2.81 bits per heavy atom. The first-order valence-electron chi connectivity index (χ1n) is 9.96. The molecule has 1 amide bonds. The lowest BCUT2D eigenvalue weighted by atomic mass is 10.2. The molecule has 6 nitrogen and oxygen atoms in total. The summed E-state index contributed by atoms with van der Waals surface area (Å²) in [6, 6.07) is 13.3. The van der Waals surface area contributed by atoms with Gasteiger partial charge in [0.1, 0.15) is 5.75 Å². The summed E-state index contributed by atoms with van der Waals surface area (Å²) in [5, 5.41) is 0.713. The second-order valence-corrected chi connectivity index (χ2v) is 9.03. The molecule has 1 aliphatic rings. The van der Waals surface area contributed by atoms with Crippen LogP contribution in [-0.4, -0.2) is 62.3 Å². The molecule has 0 bridgehead atoms. The highest BCUT2D eigenvalue weighted by molar-refractivity contribution is 9.10. The number of thiazole rings is 1. The normalized spacial score (nSPS) is 14.3. The zero-order chi connectivity index (χ0) is 20.9. The number of fused-ring (bicyclic) bond motifs is 1. The van der Waals surface area contributed by atoms with Crippen LogP contribution in [0.4, 0.5) is 5.13 Å². The number of hydrogen-bond donors (Lipinski definition) is 0. The number of nitrogens with zero attached hydrogens (tertiary/aromatic N) is 3. The van der Waals surface area contributed by atoms with Gasteiger partial charge in [0, 0.05) is 36.2 Å². The largest absolute Gasteiger partial charge is 0.497 e. The van der Waals surface area contributed by atoms with Crippen LogP contribution in [0.1, 0.15) is 16.8 Å². The lowest BCUT2D eigenvalue weighted by Gasteiger charge is -2.27. The number of aromatic nitrogens is 1. The topological polar surface area (TPSA) is 54.9 Å². The van der Waals surface area contributed by atoms with Gasteiger partial charge in [-0.25, -0.2) is 4.98 Å². The van der Waals surface area contributed by atoms with E-state index in [1.165, 1.54) is 11.3 Å². The van der Waals surface area contributed by atoms with E-state index in [2.05, 4.69) is 20.8 Å². The zero-order valence-corrected chi connectivity index (χ0v) is 20.5. The minimum Gasteiger partial charge on any atom is -0.497 e. The van der Waals surface area contributed by atoms with Crippen LogP contribution in [0.5, 0.6) is 5.75 Å². The van der Waals surface area contributed by atoms with E-state index in [-0.39, 0.29) is 18.3 Å². The minimum atomic E-state index is -0.0377. The Bertz CT molecular complexity index is 1030. The van der Waals surface area contributed by atoms with E-state index in [0.29, 0.717) is 17.2 Å². The summed E-state index contributed by atoms with van der Waals surface area (Å²) in [5.74, 6) is 0.749. The van der Waals surface area contributed by atoms with Crippen LogP contribution in [0.3, 0.4) is 0 Å². The van der Waals surface area contributed by atoms with Crippen LogP contribution in [0.25, 0.3) is 10.2 Å². The number of ether oxygens (including phenoxy) is 2. The first kappa shape index (κ1) is 23.9. The molecular weight excluding hydrogens is 502 g/mol. The molecule has 166 valence electrons. The predicted octanol–water partition coefficient (Wildman–Crippen LogP) is 4.86. The Kier molecular flexibility index (Phi) is 8.68. The van der Waals surface area contributed by atoms with Crippen molar-refractivity contribution in [2.45, 2.75) is 6.42 Å². The number of anilines is 1. The summed E-state index contributed by atoms with van der Waals surface area (Å²) in [6.45, 7) is 4.99. The summed E-state index contributed by atoms with van der Waals surface area (Å²) in [6.07, 6.45) is 0.874. The highest BCUT2D eigenvalue weighted by atomic mass is 79.9. The number of amides is 1. The molecule has 0 unspecified atom stereocenters. The molecule has 1 fully saturated rings. The fourth-order valence-corrected chi connectivity index (χ4v) is 4.89. The number of rotatable bonds is 7. The Labute approximate surface area is 200 Å². The van der Waals surface area contributed by atoms with Gasteiger partial charge in [-0.15, -0.1) is 12.4 Å². The van der Waals surface area contributed by atoms with E-state index in [9.17, 15) is 4.79 Å². The van der Waals surface area contributed by atoms with Crippen molar-refractivity contribution in [2.24, 2.45) is 0 Å². The molecule has 1 aliphatic heterocycles. The first-order chi connectivity index (χ1) is 14.6. The number of benzene rings is 2. The maximum absolute atomic E-state index is 13.4. The fourth-order valence-electron chi connectivity index (χ4n) is 3.47. The van der Waals surface area contributed by atoms with E-state index in [0.717, 1.165) is 59.7 Å². The summed E-state index contributed by atoms with van der Waals surface area (Å²) in [7, 11) is 1.65. The highest BCUT2D eigenvalue weighted by Crippen LogP contribution is 2.32. The number of hydrogen-bond acceptors (Lipinski definition) is 6. The number of methoxy groups -OCH3 is 1. The molecule has 0 saturated carbocycles. The third kappa shape index (κ3) is 5.96. The number of carbonyl (C=O) groups excluding carboxylic acids is 1. The van der Waals surface area contributed by atoms with E-state index >= 15 is 0 Å². The number of carbonyl (C=O) groups is 1. The van der Waals surface area contributed by atoms with Crippen LogP contribution >= 0.6 is 39.7 Å². The number of halogens is 2. The van der Waals surface area contributed by atoms with E-state index in [1.807, 2.05) is 42.5 Å². The molecule has 2 heterocycles. The summed E-state index contributed by atoms with van der Waals surface area (Å²) < 4.78 is 12.6. The SMILES string of the molecule is COc1ccc2nc(N(CCCN3CCOCC3)C(=O)c3cccc(Br)c3)sc2c1.Cl. The predicted molar refractivity (Wildman–Crippen MR) is 131 cm³/mol. The smallest absolute Gasteiger partial charge is 0.260 e. The second-order valence-electron chi connectivity index (χ2n) is 7.10. The second kappa shape index (κ2) is 11.2. The van der Waals surface area contributed by atoms with Gasteiger partial charge in [0.15, 0.2) is 5.13 Å². The van der Waals surface area contributed by atoms with Crippen molar-refractivity contribution < 1.29 is 14.3 Å². The van der Waals surface area contributed by atoms with Crippen LogP contribution in [0, 0.1) is 0 Å². The van der Waals surface area contributed by atoms with Gasteiger partial charge in [-0.3, -0.25) is 14.6 Å². The van der Waals surface area contributed by atoms with Crippen LogP contribution < -0.4 is 9.64 Å². The Balaban J connectivity index is 0.00000272. The average molecular weight is 527 g/mol. The summed E-state index contributed by atoms with van der Waals surface area (Å²) in [4.78, 5) is 22.3. The van der Waals surface area contributed by atoms with Crippen molar-refractivity contribution in [3.63, 3.8) is 0 Å². The minimum absolute atomic E-state index is 0. The van der Waals surface area contributed by atoms with Crippen LogP contribution in [0.15, 0.2) is 46.9 Å². The van der Waals surface area contributed by atoms with Gasteiger partial charge in [-0.1, -0.05) is 33.3 Å². The first-order valence-corrected chi connectivity index (χ1v) is 11.6. The van der Waals surface area contributed by atoms with Crippen LogP contribution in [-0.2, 0) is 4.74 Å². The lowest BCUT2D eigenvalue weighted by molar-refractivity contribution is 0.0376. The quantitative estimate of drug-likeness (QED) is 0.440. The maximum Gasteiger partial charge on any atom is 0.260 e. The molecule has 1 saturated heterocycles. The van der Waals surface area contributed by atoms with Gasteiger partial charge in [0.05, 0.1) is 30.5 Å². The lowest BCUT2D eigenvalue weighted by Crippen LogP contribution is -2.39. The van der Waals surface area contributed by atoms with Crippen molar-refractivity contribution in [2.75, 3.05) is 51.4 Å². The standard InChI is InChI=1S/C22H24BrN3O3S.ClH/c1-28-18-6-7-19-20(15-18)30-22(24-19)26(9-3-8-25-10-12-29-13-11-25)21(27)16-4-2-5-17(23)14-16;/h2,4-7,14-15H,3,8-13H2,1H3;1H. The molecule has 4 rings (SSSR count). The van der Waals surface area contributed by atoms with Crippen molar-refractivity contribution in [1.29, 1.82) is 0 Å². The Morgan fingerprint density at radius 2 is 2.06 bits per heavy atom. The molecule has 31 heavy (non-hydrogen) atoms. The van der Waals surface area contributed by atoms with Crippen molar-refractivity contribution in [1.82, 2.24) is 9.88 Å². The van der Waals surface area contributed by atoms with E-state index in [1.54, 1.807) is 12.0 Å². The molecule has 0 aliphatic carbocycles. The molecule has 3 aromatic rings. The molecular formula is C22H25BrClN3O3S. The Morgan fingerprint density at radius 1 is 1.26 bits per heavy atom. The maximum atomic E-state index is 13.4. The molecule has 2 aromatic carbocycles. The Hall–Kier alpha value is -1.71. The van der Waals surface area contributed by atoms with Gasteiger partial charge >= 0.3 is 0 Å². The van der Waals surface area contributed by atoms with Crippen LogP contribution in [0.2, 0.25) is 0 Å². The van der Waals surface area contributed by atoms with Gasteiger partial charge in [0.2, 0.25) is 0 Å². The highest BCUT2D eigenvalue weighted by Gasteiger charge is 2.22. The van der Waals surface area contributed by atoms with Crippen molar-refractivity contribution in [3.05, 3.63) is 52.5 Å². The summed E-state index contributed by atoms with van der Waals surface area (Å²) >= 11 is 4.99. The summed E-state index contributed by atoms with van der Waals surface area (Å²) in [5.41, 5.74) is 1.52. The zero-order valence-electron chi connectivity index (χ0n) is 17.3. The van der Waals surface area contributed by atoms with Gasteiger partial charge in [-0.2, -0.15) is 0 Å². The van der Waals surface area contributed by atoms with Gasteiger partial charge < -0.3 is 9.47 Å². The van der Waals surface area contributed by atoms with E-state index in [4.69, 9.17) is 14.5 Å². The molecule has 0 atom stereocenters. The molecule has 0 spiro atoms. The molecule has 9 heteroatoms. The molecule has 1 aromatic heterocycles. The van der Waals surface area contributed by atoms with E-state index < -0.39 is 0 Å². The third-order valence-electron chi connectivity index (χ3n) is 5.09. The third-order valence-corrected chi connectivity index (χ3v) is 6.63. The average Bonchev–Trinajstić information content (AvgIpc) is 3.20. The molecule has 0 N–H and O–H groups in total. The molecule has 0 radical (unpaired) electrons. The van der Waals surface area contributed by atoms with Gasteiger partial charge in [-0.05, 0) is 42.8 Å². The fraction of sp³-hybridized carbons (Fsp3) is 0.364. The number of morpholine rings is 1.